The number of amidine groups is 1. The summed E-state index contributed by atoms with van der Waals surface area (Å²) < 4.78 is 0. The van der Waals surface area contributed by atoms with Crippen LogP contribution in [0.3, 0.4) is 0 Å². The van der Waals surface area contributed by atoms with Gasteiger partial charge in [-0.25, -0.2) is 0 Å². The van der Waals surface area contributed by atoms with Crippen molar-refractivity contribution in [3.05, 3.63) is 34.9 Å². The third-order valence-corrected chi connectivity index (χ3v) is 2.95. The molecule has 0 spiro atoms. The van der Waals surface area contributed by atoms with Gasteiger partial charge in [0, 0.05) is 18.5 Å². The molecule has 0 N–H and O–H groups in total. The number of halogens is 1. The van der Waals surface area contributed by atoms with E-state index in [9.17, 15) is 9.59 Å². The number of aliphatic imine (C=N–C) groups is 1. The first-order valence-corrected chi connectivity index (χ1v) is 6.00. The van der Waals surface area contributed by atoms with Crippen molar-refractivity contribution in [2.24, 2.45) is 4.99 Å². The minimum Gasteiger partial charge on any atom is -0.353 e. The molecule has 0 aliphatic carbocycles. The Kier molecular flexibility index (Phi) is 3.77. The van der Waals surface area contributed by atoms with Crippen LogP contribution < -0.4 is 0 Å². The molecule has 18 heavy (non-hydrogen) atoms. The van der Waals surface area contributed by atoms with Gasteiger partial charge in [-0.3, -0.25) is 9.59 Å². The first-order valence-electron chi connectivity index (χ1n) is 5.62. The summed E-state index contributed by atoms with van der Waals surface area (Å²) in [6, 6.07) is 7.20. The molecule has 0 radical (unpaired) electrons. The van der Waals surface area contributed by atoms with E-state index in [0.29, 0.717) is 17.3 Å². The van der Waals surface area contributed by atoms with Gasteiger partial charge in [0.2, 0.25) is 0 Å². The summed E-state index contributed by atoms with van der Waals surface area (Å²) in [7, 11) is 1.76. The summed E-state index contributed by atoms with van der Waals surface area (Å²) in [5.74, 6) is 0.382. The number of likely N-dealkylation sites (N-methyl/N-ethyl adjacent to an activating group) is 1. The number of rotatable bonds is 4. The van der Waals surface area contributed by atoms with Gasteiger partial charge in [0.15, 0.2) is 0 Å². The fourth-order valence-corrected chi connectivity index (χ4v) is 2.06. The summed E-state index contributed by atoms with van der Waals surface area (Å²) in [4.78, 5) is 28.5. The molecule has 0 aromatic heterocycles. The van der Waals surface area contributed by atoms with Crippen LogP contribution >= 0.6 is 11.6 Å². The van der Waals surface area contributed by atoms with E-state index in [1.807, 2.05) is 12.1 Å². The van der Waals surface area contributed by atoms with Crippen LogP contribution in [0.4, 0.5) is 0 Å². The zero-order chi connectivity index (χ0) is 13.1. The third kappa shape index (κ3) is 3.17. The van der Waals surface area contributed by atoms with E-state index in [1.165, 1.54) is 0 Å². The van der Waals surface area contributed by atoms with Gasteiger partial charge in [0.05, 0.1) is 6.42 Å². The number of Topliss-reactive ketones (excluding diaryl/α,β-unsaturated/α-hetero) is 1. The Hall–Kier alpha value is -1.68. The lowest BCUT2D eigenvalue weighted by Crippen LogP contribution is -2.26. The minimum absolute atomic E-state index is 0.0255. The molecule has 0 fully saturated rings. The molecular formula is C13H13ClN2O2. The molecule has 0 bridgehead atoms. The second-order valence-electron chi connectivity index (χ2n) is 4.30. The van der Waals surface area contributed by atoms with Crippen LogP contribution in [0, 0.1) is 0 Å². The molecule has 0 saturated carbocycles. The summed E-state index contributed by atoms with van der Waals surface area (Å²) in [5, 5.41) is 0.616. The molecule has 1 aliphatic rings. The van der Waals surface area contributed by atoms with Crippen LogP contribution in [0.5, 0.6) is 0 Å². The number of amides is 1. The van der Waals surface area contributed by atoms with Crippen molar-refractivity contribution in [2.75, 3.05) is 13.6 Å². The van der Waals surface area contributed by atoms with Gasteiger partial charge >= 0.3 is 0 Å². The number of hydrogen-bond acceptors (Lipinski definition) is 3. The molecule has 94 valence electrons. The maximum absolute atomic E-state index is 11.9. The maximum Gasteiger partial charge on any atom is 0.266 e. The monoisotopic (exact) mass is 264 g/mol. The highest BCUT2D eigenvalue weighted by atomic mass is 35.5. The highest BCUT2D eigenvalue weighted by Crippen LogP contribution is 2.13. The number of carbonyl (C=O) groups excluding carboxylic acids is 2. The van der Waals surface area contributed by atoms with Crippen molar-refractivity contribution >= 4 is 29.1 Å². The molecule has 0 unspecified atom stereocenters. The average Bonchev–Trinajstić information content (AvgIpc) is 2.57. The number of benzene rings is 1. The summed E-state index contributed by atoms with van der Waals surface area (Å²) in [6.07, 6.45) is 0.496. The number of nitrogens with zero attached hydrogens (tertiary/aromatic N) is 2. The van der Waals surface area contributed by atoms with Crippen molar-refractivity contribution in [3.63, 3.8) is 0 Å². The Morgan fingerprint density at radius 3 is 2.83 bits per heavy atom. The first kappa shape index (κ1) is 12.8. The van der Waals surface area contributed by atoms with Gasteiger partial charge in [-0.15, -0.1) is 0 Å². The lowest BCUT2D eigenvalue weighted by Gasteiger charge is -2.11. The zero-order valence-electron chi connectivity index (χ0n) is 10.0. The Morgan fingerprint density at radius 1 is 1.44 bits per heavy atom. The SMILES string of the molecule is CN1CC(=O)N=C1CC(=O)Cc1cccc(Cl)c1. The molecule has 4 nitrogen and oxygen atoms in total. The quantitative estimate of drug-likeness (QED) is 0.832. The van der Waals surface area contributed by atoms with E-state index in [-0.39, 0.29) is 24.7 Å². The van der Waals surface area contributed by atoms with E-state index in [2.05, 4.69) is 4.99 Å². The zero-order valence-corrected chi connectivity index (χ0v) is 10.8. The largest absolute Gasteiger partial charge is 0.353 e. The maximum atomic E-state index is 11.9. The van der Waals surface area contributed by atoms with Crippen molar-refractivity contribution < 1.29 is 9.59 Å². The molecule has 1 aromatic carbocycles. The summed E-state index contributed by atoms with van der Waals surface area (Å²) >= 11 is 5.85. The minimum atomic E-state index is -0.192. The van der Waals surface area contributed by atoms with E-state index in [4.69, 9.17) is 11.6 Å². The molecule has 1 aromatic rings. The lowest BCUT2D eigenvalue weighted by molar-refractivity contribution is -0.118. The molecule has 1 amide bonds. The van der Waals surface area contributed by atoms with E-state index >= 15 is 0 Å². The highest BCUT2D eigenvalue weighted by molar-refractivity contribution is 6.30. The standard InChI is InChI=1S/C13H13ClN2O2/c1-16-8-13(18)15-12(16)7-11(17)6-9-3-2-4-10(14)5-9/h2-5H,6-8H2,1H3. The number of hydrogen-bond donors (Lipinski definition) is 0. The molecule has 2 rings (SSSR count). The molecule has 0 saturated heterocycles. The fourth-order valence-electron chi connectivity index (χ4n) is 1.85. The topological polar surface area (TPSA) is 49.7 Å². The second kappa shape index (κ2) is 5.31. The van der Waals surface area contributed by atoms with E-state index in [1.54, 1.807) is 24.1 Å². The highest BCUT2D eigenvalue weighted by Gasteiger charge is 2.21. The molecule has 1 aliphatic heterocycles. The van der Waals surface area contributed by atoms with Crippen molar-refractivity contribution in [2.45, 2.75) is 12.8 Å². The lowest BCUT2D eigenvalue weighted by atomic mass is 10.1. The van der Waals surface area contributed by atoms with Crippen LogP contribution in [0.1, 0.15) is 12.0 Å². The van der Waals surface area contributed by atoms with Gasteiger partial charge < -0.3 is 4.90 Å². The smallest absolute Gasteiger partial charge is 0.266 e. The summed E-state index contributed by atoms with van der Waals surface area (Å²) in [6.45, 7) is 0.264. The Balaban J connectivity index is 1.97. The molecule has 0 atom stereocenters. The second-order valence-corrected chi connectivity index (χ2v) is 4.74. The molecule has 1 heterocycles. The van der Waals surface area contributed by atoms with Crippen LogP contribution in [0.25, 0.3) is 0 Å². The van der Waals surface area contributed by atoms with Crippen LogP contribution in [0.15, 0.2) is 29.3 Å². The van der Waals surface area contributed by atoms with Crippen molar-refractivity contribution in [3.8, 4) is 0 Å². The Bertz CT molecular complexity index is 525. The number of ketones is 1. The summed E-state index contributed by atoms with van der Waals surface area (Å²) in [5.41, 5.74) is 0.875. The van der Waals surface area contributed by atoms with Gasteiger partial charge in [0.1, 0.15) is 18.2 Å². The molecule has 5 heteroatoms. The van der Waals surface area contributed by atoms with E-state index < -0.39 is 0 Å². The normalized spacial score (nSPS) is 14.9. The number of carbonyl (C=O) groups is 2. The Labute approximate surface area is 110 Å². The van der Waals surface area contributed by atoms with Crippen molar-refractivity contribution in [1.29, 1.82) is 0 Å². The predicted molar refractivity (Wildman–Crippen MR) is 69.9 cm³/mol. The van der Waals surface area contributed by atoms with Crippen LogP contribution in [-0.2, 0) is 16.0 Å². The third-order valence-electron chi connectivity index (χ3n) is 2.71. The average molecular weight is 265 g/mol. The Morgan fingerprint density at radius 2 is 2.22 bits per heavy atom. The first-order chi connectivity index (χ1) is 8.54. The van der Waals surface area contributed by atoms with Crippen LogP contribution in [0.2, 0.25) is 5.02 Å². The van der Waals surface area contributed by atoms with E-state index in [0.717, 1.165) is 5.56 Å². The molecular weight excluding hydrogens is 252 g/mol. The van der Waals surface area contributed by atoms with Crippen molar-refractivity contribution in [1.82, 2.24) is 4.90 Å². The van der Waals surface area contributed by atoms with Crippen LogP contribution in [-0.4, -0.2) is 36.0 Å². The fraction of sp³-hybridized carbons (Fsp3) is 0.308. The van der Waals surface area contributed by atoms with Gasteiger partial charge in [-0.1, -0.05) is 23.7 Å². The van der Waals surface area contributed by atoms with Gasteiger partial charge in [0.25, 0.3) is 5.91 Å². The predicted octanol–water partition coefficient (Wildman–Crippen LogP) is 1.71. The van der Waals surface area contributed by atoms with Gasteiger partial charge in [-0.2, -0.15) is 4.99 Å². The van der Waals surface area contributed by atoms with Gasteiger partial charge in [-0.05, 0) is 17.7 Å².